The minimum atomic E-state index is -0.665. The van der Waals surface area contributed by atoms with Crippen LogP contribution < -0.4 is 9.64 Å². The van der Waals surface area contributed by atoms with Crippen LogP contribution in [-0.2, 0) is 11.8 Å². The average molecular weight is 486 g/mol. The maximum Gasteiger partial charge on any atom is 0.332 e. The van der Waals surface area contributed by atoms with Gasteiger partial charge in [-0.2, -0.15) is 15.6 Å². The van der Waals surface area contributed by atoms with E-state index in [1.165, 1.54) is 30.0 Å². The van der Waals surface area contributed by atoms with Gasteiger partial charge in [0, 0.05) is 35.6 Å². The number of nitrogens with zero attached hydrogens (tertiary/aromatic N) is 7. The number of urea groups is 1. The quantitative estimate of drug-likeness (QED) is 0.539. The number of pyridine rings is 1. The third-order valence-corrected chi connectivity index (χ3v) is 7.41. The molecule has 5 rings (SSSR count). The fourth-order valence-electron chi connectivity index (χ4n) is 4.52. The minimum absolute atomic E-state index is 0.108. The molecule has 4 heterocycles. The summed E-state index contributed by atoms with van der Waals surface area (Å²) in [6.07, 6.45) is 6.65. The van der Waals surface area contributed by atoms with Crippen molar-refractivity contribution in [3.8, 4) is 17.9 Å². The molecule has 2 aliphatic rings. The van der Waals surface area contributed by atoms with E-state index in [2.05, 4.69) is 22.2 Å². The molecule has 0 aliphatic carbocycles. The van der Waals surface area contributed by atoms with E-state index < -0.39 is 23.2 Å². The summed E-state index contributed by atoms with van der Waals surface area (Å²) in [5.41, 5.74) is 1.93. The summed E-state index contributed by atoms with van der Waals surface area (Å²) in [6, 6.07) is 8.32. The number of rotatable bonds is 5. The summed E-state index contributed by atoms with van der Waals surface area (Å²) in [7, 11) is 3.25. The van der Waals surface area contributed by atoms with E-state index in [1.54, 1.807) is 42.3 Å². The monoisotopic (exact) mass is 485 g/mol. The van der Waals surface area contributed by atoms with Crippen LogP contribution in [0.15, 0.2) is 42.9 Å². The number of carbonyl (C=O) groups is 2. The molecule has 0 bridgehead atoms. The molecule has 0 spiro atoms. The van der Waals surface area contributed by atoms with Gasteiger partial charge in [0.25, 0.3) is 5.91 Å². The predicted octanol–water partition coefficient (Wildman–Crippen LogP) is 3.06. The second kappa shape index (κ2) is 8.78. The molecule has 0 radical (unpaired) electrons. The first-order chi connectivity index (χ1) is 17.0. The SMILES string of the molecule is COc1cccc(C#N)c1C1=CC2C(S1)C(=O)N(c1cncc3cnn(C)c13)C(=O)N2CCC#N. The van der Waals surface area contributed by atoms with Gasteiger partial charge < -0.3 is 9.64 Å². The number of methoxy groups -OCH3 is 1. The van der Waals surface area contributed by atoms with E-state index >= 15 is 0 Å². The largest absolute Gasteiger partial charge is 0.496 e. The molecular formula is C24H19N7O3S. The summed E-state index contributed by atoms with van der Waals surface area (Å²) >= 11 is 1.28. The Hall–Kier alpha value is -4.35. The lowest BCUT2D eigenvalue weighted by molar-refractivity contribution is -0.119. The van der Waals surface area contributed by atoms with Crippen molar-refractivity contribution < 1.29 is 14.3 Å². The van der Waals surface area contributed by atoms with E-state index in [4.69, 9.17) is 4.74 Å². The van der Waals surface area contributed by atoms with Crippen LogP contribution in [0.4, 0.5) is 10.5 Å². The molecule has 174 valence electrons. The summed E-state index contributed by atoms with van der Waals surface area (Å²) in [5, 5.41) is 23.2. The van der Waals surface area contributed by atoms with E-state index in [1.807, 2.05) is 6.08 Å². The van der Waals surface area contributed by atoms with Gasteiger partial charge in [-0.1, -0.05) is 6.07 Å². The van der Waals surface area contributed by atoms with Gasteiger partial charge in [-0.05, 0) is 18.2 Å². The zero-order valence-corrected chi connectivity index (χ0v) is 19.7. The first-order valence-electron chi connectivity index (χ1n) is 10.7. The summed E-state index contributed by atoms with van der Waals surface area (Å²) in [5.74, 6) is 0.109. The number of aryl methyl sites for hydroxylation is 1. The van der Waals surface area contributed by atoms with Gasteiger partial charge in [0.1, 0.15) is 11.0 Å². The maximum absolute atomic E-state index is 13.8. The highest BCUT2D eigenvalue weighted by Gasteiger charge is 2.50. The number of carbonyl (C=O) groups excluding carboxylic acids is 2. The molecule has 1 saturated heterocycles. The summed E-state index contributed by atoms with van der Waals surface area (Å²) in [4.78, 5) is 35.1. The average Bonchev–Trinajstić information content (AvgIpc) is 3.48. The Labute approximate surface area is 205 Å². The molecule has 1 aromatic carbocycles. The number of thioether (sulfide) groups is 1. The normalized spacial score (nSPS) is 19.4. The maximum atomic E-state index is 13.8. The highest BCUT2D eigenvalue weighted by Crippen LogP contribution is 2.48. The van der Waals surface area contributed by atoms with E-state index in [-0.39, 0.29) is 13.0 Å². The number of imide groups is 1. The smallest absolute Gasteiger partial charge is 0.332 e. The molecule has 0 N–H and O–H groups in total. The van der Waals surface area contributed by atoms with Gasteiger partial charge in [0.05, 0.1) is 60.9 Å². The van der Waals surface area contributed by atoms with Crippen molar-refractivity contribution in [3.63, 3.8) is 0 Å². The van der Waals surface area contributed by atoms with Gasteiger partial charge in [-0.3, -0.25) is 14.5 Å². The van der Waals surface area contributed by atoms with Crippen LogP contribution in [0.5, 0.6) is 5.75 Å². The van der Waals surface area contributed by atoms with Crippen molar-refractivity contribution in [3.05, 3.63) is 54.0 Å². The molecule has 2 aromatic heterocycles. The molecule has 11 heteroatoms. The highest BCUT2D eigenvalue weighted by molar-refractivity contribution is 8.09. The summed E-state index contributed by atoms with van der Waals surface area (Å²) < 4.78 is 7.09. The number of nitriles is 2. The molecule has 35 heavy (non-hydrogen) atoms. The molecule has 3 amide bonds. The predicted molar refractivity (Wildman–Crippen MR) is 129 cm³/mol. The fourth-order valence-corrected chi connectivity index (χ4v) is 5.91. The number of anilines is 1. The van der Waals surface area contributed by atoms with Crippen molar-refractivity contribution in [1.29, 1.82) is 10.5 Å². The molecule has 2 atom stereocenters. The standard InChI is InChI=1S/C24H19N7O3S/c1-29-21-15(12-28-29)11-27-13-17(21)31-23(32)22-16(30(24(31)33)8-4-7-25)9-19(35-22)20-14(10-26)5-3-6-18(20)34-2/h3,5-6,9,11-13,16,22H,4,8H2,1-2H3. The van der Waals surface area contributed by atoms with Crippen molar-refractivity contribution in [2.24, 2.45) is 7.05 Å². The number of hydrogen-bond acceptors (Lipinski definition) is 8. The molecule has 10 nitrogen and oxygen atoms in total. The fraction of sp³-hybridized carbons (Fsp3) is 0.250. The zero-order valence-electron chi connectivity index (χ0n) is 18.9. The lowest BCUT2D eigenvalue weighted by Crippen LogP contribution is -2.62. The van der Waals surface area contributed by atoms with Crippen LogP contribution in [0, 0.1) is 22.7 Å². The molecule has 0 saturated carbocycles. The van der Waals surface area contributed by atoms with Crippen LogP contribution in [0.1, 0.15) is 17.5 Å². The van der Waals surface area contributed by atoms with Crippen LogP contribution in [-0.4, -0.2) is 56.5 Å². The van der Waals surface area contributed by atoms with Gasteiger partial charge in [0.15, 0.2) is 0 Å². The Morgan fingerprint density at radius 1 is 1.20 bits per heavy atom. The Bertz CT molecular complexity index is 1480. The molecule has 2 aliphatic heterocycles. The third kappa shape index (κ3) is 3.49. The van der Waals surface area contributed by atoms with Crippen molar-refractivity contribution in [2.75, 3.05) is 18.6 Å². The Morgan fingerprint density at radius 2 is 2.03 bits per heavy atom. The number of amides is 3. The van der Waals surface area contributed by atoms with Crippen molar-refractivity contribution in [2.45, 2.75) is 17.7 Å². The van der Waals surface area contributed by atoms with E-state index in [9.17, 15) is 20.1 Å². The Balaban J connectivity index is 1.62. The minimum Gasteiger partial charge on any atom is -0.496 e. The van der Waals surface area contributed by atoms with Crippen LogP contribution >= 0.6 is 11.8 Å². The first kappa shape index (κ1) is 22.4. The highest BCUT2D eigenvalue weighted by atomic mass is 32.2. The topological polar surface area (TPSA) is 128 Å². The van der Waals surface area contributed by atoms with E-state index in [0.29, 0.717) is 38.4 Å². The summed E-state index contributed by atoms with van der Waals surface area (Å²) in [6.45, 7) is 0.149. The number of fused-ring (bicyclic) bond motifs is 2. The Kier molecular flexibility index (Phi) is 5.63. The van der Waals surface area contributed by atoms with Crippen molar-refractivity contribution in [1.82, 2.24) is 19.7 Å². The zero-order chi connectivity index (χ0) is 24.7. The molecule has 3 aromatic rings. The van der Waals surface area contributed by atoms with Crippen LogP contribution in [0.3, 0.4) is 0 Å². The Morgan fingerprint density at radius 3 is 2.77 bits per heavy atom. The number of hydrogen-bond donors (Lipinski definition) is 0. The third-order valence-electron chi connectivity index (χ3n) is 6.09. The molecular weight excluding hydrogens is 466 g/mol. The van der Waals surface area contributed by atoms with Crippen LogP contribution in [0.25, 0.3) is 15.8 Å². The van der Waals surface area contributed by atoms with Gasteiger partial charge in [-0.15, -0.1) is 11.8 Å². The number of aromatic nitrogens is 3. The number of ether oxygens (including phenoxy) is 1. The molecule has 2 unspecified atom stereocenters. The van der Waals surface area contributed by atoms with E-state index in [0.717, 1.165) is 4.90 Å². The van der Waals surface area contributed by atoms with Crippen LogP contribution in [0.2, 0.25) is 0 Å². The molecule has 1 fully saturated rings. The first-order valence-corrected chi connectivity index (χ1v) is 11.6. The lowest BCUT2D eigenvalue weighted by Gasteiger charge is -2.40. The number of benzene rings is 1. The van der Waals surface area contributed by atoms with Crippen molar-refractivity contribution >= 4 is 45.2 Å². The van der Waals surface area contributed by atoms with Gasteiger partial charge in [-0.25, -0.2) is 9.69 Å². The second-order valence-electron chi connectivity index (χ2n) is 7.98. The second-order valence-corrected chi connectivity index (χ2v) is 9.16. The lowest BCUT2D eigenvalue weighted by atomic mass is 10.0. The van der Waals surface area contributed by atoms with Gasteiger partial charge in [0.2, 0.25) is 0 Å². The van der Waals surface area contributed by atoms with Gasteiger partial charge >= 0.3 is 6.03 Å².